The average molecular weight is 453 g/mol. The topological polar surface area (TPSA) is 76.4 Å². The molecule has 0 bridgehead atoms. The molecular weight excluding hydrogens is 424 g/mol. The highest BCUT2D eigenvalue weighted by Gasteiger charge is 2.40. The number of nitrogens with zero attached hydrogens (tertiary/aromatic N) is 6. The van der Waals surface area contributed by atoms with Gasteiger partial charge in [0.2, 0.25) is 5.91 Å². The van der Waals surface area contributed by atoms with Crippen LogP contribution in [0.4, 0.5) is 11.5 Å². The van der Waals surface area contributed by atoms with Gasteiger partial charge in [0.1, 0.15) is 23.3 Å². The standard InChI is InChI=1S/C23H26N6O2.H2S/c1-27-20-13-24-21(26-22(20)29-10-4-7-19(29)23(27)30)9-8-17-12-25-28(15-17)14-16-5-3-6-18(11-16)31-2;/h3,5-6,11-13,15,19H,4,7-10,14H2,1-2H3;1H2/t19-;/m0./s1. The first-order chi connectivity index (χ1) is 15.1. The summed E-state index contributed by atoms with van der Waals surface area (Å²) < 4.78 is 7.23. The number of aromatic nitrogens is 4. The van der Waals surface area contributed by atoms with Crippen LogP contribution in [0, 0.1) is 0 Å². The van der Waals surface area contributed by atoms with Crippen LogP contribution in [0.1, 0.15) is 29.8 Å². The molecule has 2 aromatic heterocycles. The second-order valence-electron chi connectivity index (χ2n) is 8.14. The van der Waals surface area contributed by atoms with Gasteiger partial charge in [-0.1, -0.05) is 12.1 Å². The molecule has 0 aliphatic carbocycles. The molecule has 1 fully saturated rings. The van der Waals surface area contributed by atoms with E-state index in [1.807, 2.05) is 36.1 Å². The molecule has 0 spiro atoms. The first-order valence-electron chi connectivity index (χ1n) is 10.7. The second kappa shape index (κ2) is 9.20. The van der Waals surface area contributed by atoms with E-state index in [0.717, 1.165) is 66.4 Å². The molecule has 3 aromatic rings. The maximum Gasteiger partial charge on any atom is 0.249 e. The summed E-state index contributed by atoms with van der Waals surface area (Å²) in [4.78, 5) is 25.8. The Balaban J connectivity index is 0.00000245. The number of methoxy groups -OCH3 is 1. The van der Waals surface area contributed by atoms with Crippen LogP contribution in [-0.4, -0.2) is 52.4 Å². The molecule has 9 heteroatoms. The zero-order valence-corrected chi connectivity index (χ0v) is 19.4. The molecule has 4 heterocycles. The summed E-state index contributed by atoms with van der Waals surface area (Å²) in [6.45, 7) is 1.58. The molecule has 168 valence electrons. The van der Waals surface area contributed by atoms with Crippen LogP contribution in [0.2, 0.25) is 0 Å². The predicted molar refractivity (Wildman–Crippen MR) is 128 cm³/mol. The molecule has 2 aliphatic heterocycles. The number of likely N-dealkylation sites (N-methyl/N-ethyl adjacent to an activating group) is 1. The van der Waals surface area contributed by atoms with Crippen molar-refractivity contribution in [3.05, 3.63) is 59.8 Å². The summed E-state index contributed by atoms with van der Waals surface area (Å²) in [5, 5.41) is 4.49. The van der Waals surface area contributed by atoms with E-state index in [1.54, 1.807) is 18.2 Å². The van der Waals surface area contributed by atoms with Crippen molar-refractivity contribution in [1.29, 1.82) is 0 Å². The molecular formula is C23H28N6O2S. The fraction of sp³-hybridized carbons (Fsp3) is 0.391. The quantitative estimate of drug-likeness (QED) is 0.572. The molecule has 5 rings (SSSR count). The van der Waals surface area contributed by atoms with E-state index >= 15 is 0 Å². The maximum atomic E-state index is 12.5. The van der Waals surface area contributed by atoms with Crippen molar-refractivity contribution in [2.75, 3.05) is 30.5 Å². The smallest absolute Gasteiger partial charge is 0.249 e. The lowest BCUT2D eigenvalue weighted by Crippen LogP contribution is -2.49. The van der Waals surface area contributed by atoms with E-state index in [2.05, 4.69) is 27.2 Å². The first kappa shape index (κ1) is 22.1. The van der Waals surface area contributed by atoms with Crippen molar-refractivity contribution in [3.8, 4) is 5.75 Å². The Bertz CT molecular complexity index is 1120. The first-order valence-corrected chi connectivity index (χ1v) is 10.7. The third-order valence-corrected chi connectivity index (χ3v) is 6.10. The fourth-order valence-electron chi connectivity index (χ4n) is 4.43. The number of hydrogen-bond acceptors (Lipinski definition) is 6. The van der Waals surface area contributed by atoms with Crippen LogP contribution >= 0.6 is 13.5 Å². The van der Waals surface area contributed by atoms with E-state index in [4.69, 9.17) is 9.72 Å². The Morgan fingerprint density at radius 2 is 2.06 bits per heavy atom. The van der Waals surface area contributed by atoms with Crippen LogP contribution in [0.25, 0.3) is 0 Å². The van der Waals surface area contributed by atoms with E-state index < -0.39 is 0 Å². The zero-order valence-electron chi connectivity index (χ0n) is 18.4. The van der Waals surface area contributed by atoms with Gasteiger partial charge in [-0.2, -0.15) is 18.6 Å². The normalized spacial score (nSPS) is 17.1. The van der Waals surface area contributed by atoms with Gasteiger partial charge in [0.15, 0.2) is 5.82 Å². The minimum absolute atomic E-state index is 0. The van der Waals surface area contributed by atoms with Gasteiger partial charge in [0.25, 0.3) is 0 Å². The Labute approximate surface area is 194 Å². The monoisotopic (exact) mass is 452 g/mol. The number of benzene rings is 1. The largest absolute Gasteiger partial charge is 0.497 e. The molecule has 32 heavy (non-hydrogen) atoms. The van der Waals surface area contributed by atoms with Gasteiger partial charge in [0, 0.05) is 26.2 Å². The van der Waals surface area contributed by atoms with Crippen molar-refractivity contribution < 1.29 is 9.53 Å². The lowest BCUT2D eigenvalue weighted by molar-refractivity contribution is -0.119. The van der Waals surface area contributed by atoms with Crippen molar-refractivity contribution in [2.24, 2.45) is 0 Å². The number of amides is 1. The second-order valence-corrected chi connectivity index (χ2v) is 8.14. The van der Waals surface area contributed by atoms with Crippen LogP contribution in [-0.2, 0) is 24.2 Å². The summed E-state index contributed by atoms with van der Waals surface area (Å²) in [5.74, 6) is 2.68. The molecule has 1 saturated heterocycles. The van der Waals surface area contributed by atoms with E-state index in [0.29, 0.717) is 6.54 Å². The van der Waals surface area contributed by atoms with Crippen molar-refractivity contribution >= 4 is 30.9 Å². The molecule has 0 saturated carbocycles. The van der Waals surface area contributed by atoms with Gasteiger partial charge in [-0.15, -0.1) is 0 Å². The maximum absolute atomic E-state index is 12.5. The molecule has 1 aromatic carbocycles. The van der Waals surface area contributed by atoms with Crippen LogP contribution in [0.3, 0.4) is 0 Å². The Kier molecular flexibility index (Phi) is 6.36. The highest BCUT2D eigenvalue weighted by atomic mass is 32.1. The van der Waals surface area contributed by atoms with Gasteiger partial charge in [-0.25, -0.2) is 9.97 Å². The predicted octanol–water partition coefficient (Wildman–Crippen LogP) is 2.57. The van der Waals surface area contributed by atoms with Gasteiger partial charge in [-0.3, -0.25) is 9.48 Å². The van der Waals surface area contributed by atoms with Crippen LogP contribution < -0.4 is 14.5 Å². The lowest BCUT2D eigenvalue weighted by Gasteiger charge is -2.36. The summed E-state index contributed by atoms with van der Waals surface area (Å²) in [7, 11) is 3.49. The SMILES string of the molecule is COc1cccc(Cn2cc(CCc3ncc4c(n3)N3CCC[C@H]3C(=O)N4C)cn2)c1.S. The van der Waals surface area contributed by atoms with Crippen molar-refractivity contribution in [2.45, 2.75) is 38.3 Å². The highest BCUT2D eigenvalue weighted by molar-refractivity contribution is 7.59. The lowest BCUT2D eigenvalue weighted by atomic mass is 10.1. The van der Waals surface area contributed by atoms with E-state index in [1.165, 1.54) is 0 Å². The van der Waals surface area contributed by atoms with Crippen LogP contribution in [0.15, 0.2) is 42.9 Å². The van der Waals surface area contributed by atoms with Crippen molar-refractivity contribution in [3.63, 3.8) is 0 Å². The number of ether oxygens (including phenoxy) is 1. The van der Waals surface area contributed by atoms with Gasteiger partial charge in [0.05, 0.1) is 26.0 Å². The fourth-order valence-corrected chi connectivity index (χ4v) is 4.43. The Morgan fingerprint density at radius 3 is 2.91 bits per heavy atom. The molecule has 8 nitrogen and oxygen atoms in total. The highest BCUT2D eigenvalue weighted by Crippen LogP contribution is 2.37. The average Bonchev–Trinajstić information content (AvgIpc) is 3.46. The van der Waals surface area contributed by atoms with Gasteiger partial charge < -0.3 is 14.5 Å². The number of carbonyl (C=O) groups is 1. The van der Waals surface area contributed by atoms with E-state index in [9.17, 15) is 4.79 Å². The van der Waals surface area contributed by atoms with Crippen molar-refractivity contribution in [1.82, 2.24) is 19.7 Å². The summed E-state index contributed by atoms with van der Waals surface area (Å²) in [6, 6.07) is 7.94. The molecule has 1 amide bonds. The van der Waals surface area contributed by atoms with Gasteiger partial charge in [-0.05, 0) is 42.5 Å². The zero-order chi connectivity index (χ0) is 21.4. The number of anilines is 2. The third-order valence-electron chi connectivity index (χ3n) is 6.10. The number of aryl methyl sites for hydroxylation is 2. The summed E-state index contributed by atoms with van der Waals surface area (Å²) in [6.07, 6.45) is 9.23. The molecule has 2 aliphatic rings. The molecule has 0 N–H and O–H groups in total. The summed E-state index contributed by atoms with van der Waals surface area (Å²) >= 11 is 0. The number of fused-ring (bicyclic) bond motifs is 3. The van der Waals surface area contributed by atoms with E-state index in [-0.39, 0.29) is 25.4 Å². The number of carbonyl (C=O) groups excluding carboxylic acids is 1. The van der Waals surface area contributed by atoms with Crippen LogP contribution in [0.5, 0.6) is 5.75 Å². The third kappa shape index (κ3) is 4.17. The van der Waals surface area contributed by atoms with Gasteiger partial charge >= 0.3 is 0 Å². The Morgan fingerprint density at radius 1 is 1.19 bits per heavy atom. The molecule has 0 radical (unpaired) electrons. The minimum Gasteiger partial charge on any atom is -0.497 e. The molecule has 0 unspecified atom stereocenters. The minimum atomic E-state index is -0.0740. The number of rotatable bonds is 6. The summed E-state index contributed by atoms with van der Waals surface area (Å²) in [5.41, 5.74) is 3.10. The molecule has 1 atom stereocenters. The Hall–Kier alpha value is -3.07. The number of hydrogen-bond donors (Lipinski definition) is 0.